The lowest BCUT2D eigenvalue weighted by atomic mass is 10.0. The van der Waals surface area contributed by atoms with Gasteiger partial charge in [0.2, 0.25) is 0 Å². The molecule has 0 fully saturated rings. The minimum absolute atomic E-state index is 0.00612. The minimum atomic E-state index is -0.886. The summed E-state index contributed by atoms with van der Waals surface area (Å²) >= 11 is 0. The summed E-state index contributed by atoms with van der Waals surface area (Å²) in [7, 11) is 0. The molecule has 130 valence electrons. The molecular weight excluding hydrogens is 320 g/mol. The Hall–Kier alpha value is -2.86. The van der Waals surface area contributed by atoms with Crippen LogP contribution in [0, 0.1) is 0 Å². The normalized spacial score (nSPS) is 15.7. The number of urea groups is 1. The topological polar surface area (TPSA) is 89.9 Å². The summed E-state index contributed by atoms with van der Waals surface area (Å²) in [5.41, 5.74) is 2.93. The average molecular weight is 340 g/mol. The monoisotopic (exact) mass is 340 g/mol. The third-order valence-electron chi connectivity index (χ3n) is 4.23. The van der Waals surface area contributed by atoms with E-state index in [-0.39, 0.29) is 19.0 Å². The number of carbonyl (C=O) groups is 2. The molecule has 0 aromatic heterocycles. The summed E-state index contributed by atoms with van der Waals surface area (Å²) < 4.78 is 0. The molecule has 3 N–H and O–H groups in total. The van der Waals surface area contributed by atoms with Gasteiger partial charge >= 0.3 is 12.0 Å². The molecule has 1 atom stereocenters. The number of fused-ring (bicyclic) bond motifs is 2. The number of hydrogen-bond acceptors (Lipinski definition) is 3. The van der Waals surface area contributed by atoms with E-state index in [1.807, 2.05) is 42.5 Å². The van der Waals surface area contributed by atoms with E-state index in [2.05, 4.69) is 5.32 Å². The smallest absolute Gasteiger partial charge is 0.326 e. The number of carbonyl (C=O) groups excluding carboxylic acids is 1. The molecule has 0 bridgehead atoms. The Kier molecular flexibility index (Phi) is 5.00. The van der Waals surface area contributed by atoms with Crippen LogP contribution in [0.2, 0.25) is 0 Å². The van der Waals surface area contributed by atoms with Crippen LogP contribution in [0.25, 0.3) is 0 Å². The largest absolute Gasteiger partial charge is 0.481 e. The van der Waals surface area contributed by atoms with Gasteiger partial charge in [0, 0.05) is 24.9 Å². The lowest BCUT2D eigenvalue weighted by Crippen LogP contribution is -2.38. The zero-order valence-electron chi connectivity index (χ0n) is 13.7. The van der Waals surface area contributed by atoms with Gasteiger partial charge in [-0.05, 0) is 24.1 Å². The third kappa shape index (κ3) is 3.64. The first-order chi connectivity index (χ1) is 12.1. The first kappa shape index (κ1) is 17.0. The van der Waals surface area contributed by atoms with E-state index in [0.29, 0.717) is 24.1 Å². The predicted molar refractivity (Wildman–Crippen MR) is 94.0 cm³/mol. The Morgan fingerprint density at radius 3 is 2.52 bits per heavy atom. The third-order valence-corrected chi connectivity index (χ3v) is 4.23. The van der Waals surface area contributed by atoms with Crippen molar-refractivity contribution in [2.75, 3.05) is 11.4 Å². The fourth-order valence-corrected chi connectivity index (χ4v) is 3.06. The highest BCUT2D eigenvalue weighted by Gasteiger charge is 2.29. The minimum Gasteiger partial charge on any atom is -0.481 e. The van der Waals surface area contributed by atoms with Gasteiger partial charge in [-0.15, -0.1) is 0 Å². The number of carboxylic acid groups (broad SMARTS) is 1. The highest BCUT2D eigenvalue weighted by molar-refractivity contribution is 6.01. The summed E-state index contributed by atoms with van der Waals surface area (Å²) in [6, 6.07) is 14.4. The van der Waals surface area contributed by atoms with Gasteiger partial charge in [-0.3, -0.25) is 9.69 Å². The van der Waals surface area contributed by atoms with Crippen LogP contribution >= 0.6 is 0 Å². The number of nitrogens with one attached hydrogen (secondary N) is 1. The lowest BCUT2D eigenvalue weighted by Gasteiger charge is -2.25. The number of carboxylic acids is 1. The number of rotatable bonds is 4. The summed E-state index contributed by atoms with van der Waals surface area (Å²) in [5, 5.41) is 22.0. The molecule has 0 saturated heterocycles. The number of amides is 2. The number of para-hydroxylation sites is 2. The van der Waals surface area contributed by atoms with Gasteiger partial charge in [-0.1, -0.05) is 36.4 Å². The zero-order valence-corrected chi connectivity index (χ0v) is 13.7. The predicted octanol–water partition coefficient (Wildman–Crippen LogP) is 2.99. The molecule has 2 aromatic rings. The molecule has 0 aliphatic carbocycles. The second-order valence-electron chi connectivity index (χ2n) is 5.97. The summed E-state index contributed by atoms with van der Waals surface area (Å²) in [5.74, 6) is -0.886. The maximum atomic E-state index is 12.8. The van der Waals surface area contributed by atoms with Crippen LogP contribution in [0.15, 0.2) is 48.5 Å². The highest BCUT2D eigenvalue weighted by Crippen LogP contribution is 2.39. The van der Waals surface area contributed by atoms with Crippen molar-refractivity contribution < 1.29 is 19.8 Å². The van der Waals surface area contributed by atoms with Crippen LogP contribution in [-0.4, -0.2) is 28.8 Å². The van der Waals surface area contributed by atoms with Crippen molar-refractivity contribution in [3.05, 3.63) is 59.7 Å². The number of aliphatic hydroxyl groups excluding tert-OH is 1. The van der Waals surface area contributed by atoms with Gasteiger partial charge in [0.05, 0.1) is 17.5 Å². The number of anilines is 2. The number of nitrogens with zero attached hydrogens (tertiary/aromatic N) is 1. The highest BCUT2D eigenvalue weighted by atomic mass is 16.4. The Labute approximate surface area is 145 Å². The standard InChI is InChI=1S/C19H20N2O4/c22-17-12-13-6-1-3-8-15(13)21(16-9-4-2-7-14(16)17)19(25)20-11-5-10-18(23)24/h1-4,6-9,17,22H,5,10-12H2,(H,20,25)(H,23,24). The van der Waals surface area contributed by atoms with Crippen LogP contribution in [0.5, 0.6) is 0 Å². The van der Waals surface area contributed by atoms with E-state index in [0.717, 1.165) is 11.3 Å². The molecule has 6 nitrogen and oxygen atoms in total. The van der Waals surface area contributed by atoms with E-state index < -0.39 is 12.1 Å². The Bertz CT molecular complexity index is 790. The van der Waals surface area contributed by atoms with Crippen molar-refractivity contribution in [1.82, 2.24) is 5.32 Å². The zero-order chi connectivity index (χ0) is 17.8. The van der Waals surface area contributed by atoms with Crippen LogP contribution in [-0.2, 0) is 11.2 Å². The lowest BCUT2D eigenvalue weighted by molar-refractivity contribution is -0.137. The molecule has 1 aliphatic rings. The number of aliphatic hydroxyl groups is 1. The Morgan fingerprint density at radius 2 is 1.76 bits per heavy atom. The Morgan fingerprint density at radius 1 is 1.08 bits per heavy atom. The van der Waals surface area contributed by atoms with Crippen molar-refractivity contribution in [3.8, 4) is 0 Å². The van der Waals surface area contributed by atoms with E-state index in [1.54, 1.807) is 11.0 Å². The van der Waals surface area contributed by atoms with Gasteiger partial charge in [-0.25, -0.2) is 4.79 Å². The molecule has 1 unspecified atom stereocenters. The second kappa shape index (κ2) is 7.36. The molecule has 2 amide bonds. The quantitative estimate of drug-likeness (QED) is 0.746. The van der Waals surface area contributed by atoms with Crippen molar-refractivity contribution in [2.45, 2.75) is 25.4 Å². The number of aliphatic carboxylic acids is 1. The average Bonchev–Trinajstić information content (AvgIpc) is 2.72. The van der Waals surface area contributed by atoms with Crippen LogP contribution < -0.4 is 10.2 Å². The molecule has 0 spiro atoms. The summed E-state index contributed by atoms with van der Waals surface area (Å²) in [6.07, 6.45) is 0.102. The molecule has 0 radical (unpaired) electrons. The van der Waals surface area contributed by atoms with Gasteiger partial charge in [0.1, 0.15) is 0 Å². The fourth-order valence-electron chi connectivity index (χ4n) is 3.06. The molecule has 1 heterocycles. The summed E-state index contributed by atoms with van der Waals surface area (Å²) in [4.78, 5) is 25.0. The summed E-state index contributed by atoms with van der Waals surface area (Å²) in [6.45, 7) is 0.272. The van der Waals surface area contributed by atoms with Gasteiger partial charge in [0.15, 0.2) is 0 Å². The molecular formula is C19H20N2O4. The van der Waals surface area contributed by atoms with Crippen molar-refractivity contribution in [1.29, 1.82) is 0 Å². The molecule has 0 saturated carbocycles. The molecule has 1 aliphatic heterocycles. The first-order valence-electron chi connectivity index (χ1n) is 8.22. The van der Waals surface area contributed by atoms with Gasteiger partial charge in [0.25, 0.3) is 0 Å². The van der Waals surface area contributed by atoms with E-state index >= 15 is 0 Å². The molecule has 6 heteroatoms. The number of benzene rings is 2. The number of hydrogen-bond donors (Lipinski definition) is 3. The molecule has 3 rings (SSSR count). The maximum Gasteiger partial charge on any atom is 0.326 e. The molecule has 2 aromatic carbocycles. The maximum absolute atomic E-state index is 12.8. The van der Waals surface area contributed by atoms with Crippen LogP contribution in [0.4, 0.5) is 16.2 Å². The van der Waals surface area contributed by atoms with Crippen LogP contribution in [0.1, 0.15) is 30.1 Å². The Balaban J connectivity index is 1.92. The first-order valence-corrected chi connectivity index (χ1v) is 8.22. The SMILES string of the molecule is O=C(O)CCCNC(=O)N1c2ccccc2CC(O)c2ccccc21. The van der Waals surface area contributed by atoms with E-state index in [1.165, 1.54) is 0 Å². The van der Waals surface area contributed by atoms with E-state index in [9.17, 15) is 14.7 Å². The second-order valence-corrected chi connectivity index (χ2v) is 5.97. The van der Waals surface area contributed by atoms with Gasteiger partial charge < -0.3 is 15.5 Å². The molecule has 25 heavy (non-hydrogen) atoms. The van der Waals surface area contributed by atoms with Crippen molar-refractivity contribution >= 4 is 23.4 Å². The van der Waals surface area contributed by atoms with Crippen molar-refractivity contribution in [2.24, 2.45) is 0 Å². The van der Waals surface area contributed by atoms with Crippen LogP contribution in [0.3, 0.4) is 0 Å². The van der Waals surface area contributed by atoms with E-state index in [4.69, 9.17) is 5.11 Å². The fraction of sp³-hybridized carbons (Fsp3) is 0.263. The van der Waals surface area contributed by atoms with Crippen molar-refractivity contribution in [3.63, 3.8) is 0 Å². The van der Waals surface area contributed by atoms with Gasteiger partial charge in [-0.2, -0.15) is 0 Å².